The van der Waals surface area contributed by atoms with Gasteiger partial charge in [0, 0.05) is 0 Å². The predicted octanol–water partition coefficient (Wildman–Crippen LogP) is 1.41. The summed E-state index contributed by atoms with van der Waals surface area (Å²) in [6, 6.07) is 0. The van der Waals surface area contributed by atoms with E-state index in [-0.39, 0.29) is 12.5 Å². The van der Waals surface area contributed by atoms with E-state index in [2.05, 4.69) is 0 Å². The van der Waals surface area contributed by atoms with Crippen LogP contribution in [0.15, 0.2) is 0 Å². The molecule has 0 fully saturated rings. The number of aliphatic hydroxyl groups excluding tert-OH is 1. The lowest BCUT2D eigenvalue weighted by Gasteiger charge is -2.31. The summed E-state index contributed by atoms with van der Waals surface area (Å²) in [6.45, 7) is 7.81. The summed E-state index contributed by atoms with van der Waals surface area (Å²) in [6.07, 6.45) is 0.668. The molecule has 0 saturated carbocycles. The molecular formula is C9H20O2. The van der Waals surface area contributed by atoms with E-state index in [1.54, 1.807) is 0 Å². The largest absolute Gasteiger partial charge is 0.393 e. The molecule has 11 heavy (non-hydrogen) atoms. The van der Waals surface area contributed by atoms with Crippen molar-refractivity contribution in [2.45, 2.75) is 39.7 Å². The zero-order valence-corrected chi connectivity index (χ0v) is 7.96. The lowest BCUT2D eigenvalue weighted by atomic mass is 9.84. The molecule has 0 heterocycles. The summed E-state index contributed by atoms with van der Waals surface area (Å²) < 4.78 is 0. The van der Waals surface area contributed by atoms with Crippen LogP contribution < -0.4 is 0 Å². The molecule has 2 N–H and O–H groups in total. The second-order valence-electron chi connectivity index (χ2n) is 4.01. The zero-order chi connectivity index (χ0) is 9.07. The molecule has 1 atom stereocenters. The van der Waals surface area contributed by atoms with Crippen LogP contribution in [-0.2, 0) is 0 Å². The molecule has 0 aliphatic heterocycles. The Morgan fingerprint density at radius 2 is 1.64 bits per heavy atom. The molecule has 0 aromatic heterocycles. The molecule has 2 nitrogen and oxygen atoms in total. The van der Waals surface area contributed by atoms with E-state index >= 15 is 0 Å². The summed E-state index contributed by atoms with van der Waals surface area (Å²) in [4.78, 5) is 0. The topological polar surface area (TPSA) is 40.5 Å². The molecule has 0 rings (SSSR count). The van der Waals surface area contributed by atoms with Crippen molar-refractivity contribution in [3.05, 3.63) is 0 Å². The van der Waals surface area contributed by atoms with Gasteiger partial charge in [-0.15, -0.1) is 0 Å². The van der Waals surface area contributed by atoms with Crippen molar-refractivity contribution >= 4 is 0 Å². The van der Waals surface area contributed by atoms with Gasteiger partial charge in [0.05, 0.1) is 12.2 Å². The van der Waals surface area contributed by atoms with Crippen LogP contribution in [0.2, 0.25) is 0 Å². The molecular weight excluding hydrogens is 140 g/mol. The summed E-state index contributed by atoms with van der Waals surface area (Å²) in [5, 5.41) is 18.8. The third-order valence-corrected chi connectivity index (χ3v) is 2.11. The van der Waals surface area contributed by atoms with Crippen molar-refractivity contribution < 1.29 is 10.2 Å². The second kappa shape index (κ2) is 4.07. The van der Waals surface area contributed by atoms with Crippen LogP contribution in [0, 0.1) is 11.8 Å². The first kappa shape index (κ1) is 10.9. The number of rotatable bonds is 4. The summed E-state index contributed by atoms with van der Waals surface area (Å²) in [5.41, 5.74) is -0.881. The smallest absolute Gasteiger partial charge is 0.0902 e. The van der Waals surface area contributed by atoms with Crippen LogP contribution in [0.1, 0.15) is 34.1 Å². The van der Waals surface area contributed by atoms with Gasteiger partial charge in [0.1, 0.15) is 0 Å². The fourth-order valence-electron chi connectivity index (χ4n) is 1.19. The van der Waals surface area contributed by atoms with E-state index in [1.807, 2.05) is 27.7 Å². The highest BCUT2D eigenvalue weighted by Crippen LogP contribution is 2.24. The Labute approximate surface area is 69.2 Å². The summed E-state index contributed by atoms with van der Waals surface area (Å²) in [7, 11) is 0. The molecule has 0 spiro atoms. The van der Waals surface area contributed by atoms with Crippen molar-refractivity contribution in [1.29, 1.82) is 0 Å². The minimum Gasteiger partial charge on any atom is -0.393 e. The highest BCUT2D eigenvalue weighted by molar-refractivity contribution is 4.81. The maximum Gasteiger partial charge on any atom is 0.0902 e. The first-order chi connectivity index (χ1) is 4.92. The highest BCUT2D eigenvalue weighted by atomic mass is 16.3. The van der Waals surface area contributed by atoms with Crippen molar-refractivity contribution in [3.8, 4) is 0 Å². The first-order valence-electron chi connectivity index (χ1n) is 4.25. The average molecular weight is 160 g/mol. The van der Waals surface area contributed by atoms with Gasteiger partial charge < -0.3 is 10.2 Å². The van der Waals surface area contributed by atoms with Crippen LogP contribution in [0.4, 0.5) is 0 Å². The van der Waals surface area contributed by atoms with Crippen molar-refractivity contribution in [2.75, 3.05) is 6.61 Å². The van der Waals surface area contributed by atoms with E-state index in [1.165, 1.54) is 0 Å². The fourth-order valence-corrected chi connectivity index (χ4v) is 1.19. The third-order valence-electron chi connectivity index (χ3n) is 2.11. The lowest BCUT2D eigenvalue weighted by molar-refractivity contribution is -0.0653. The van der Waals surface area contributed by atoms with E-state index in [4.69, 9.17) is 5.11 Å². The first-order valence-corrected chi connectivity index (χ1v) is 4.25. The van der Waals surface area contributed by atoms with Gasteiger partial charge in [0.2, 0.25) is 0 Å². The van der Waals surface area contributed by atoms with E-state index in [0.717, 1.165) is 0 Å². The summed E-state index contributed by atoms with van der Waals surface area (Å²) >= 11 is 0. The maximum atomic E-state index is 9.82. The Hall–Kier alpha value is -0.0800. The molecule has 0 aliphatic rings. The van der Waals surface area contributed by atoms with Gasteiger partial charge in [-0.2, -0.15) is 0 Å². The van der Waals surface area contributed by atoms with Crippen LogP contribution in [-0.4, -0.2) is 22.4 Å². The summed E-state index contributed by atoms with van der Waals surface area (Å²) in [5.74, 6) is 0.546. The number of hydrogen-bond donors (Lipinski definition) is 2. The average Bonchev–Trinajstić information content (AvgIpc) is 1.86. The predicted molar refractivity (Wildman–Crippen MR) is 46.3 cm³/mol. The van der Waals surface area contributed by atoms with Crippen LogP contribution in [0.5, 0.6) is 0 Å². The van der Waals surface area contributed by atoms with Gasteiger partial charge in [-0.25, -0.2) is 0 Å². The van der Waals surface area contributed by atoms with Gasteiger partial charge in [-0.1, -0.05) is 27.7 Å². The van der Waals surface area contributed by atoms with Crippen LogP contribution in [0.3, 0.4) is 0 Å². The molecule has 1 unspecified atom stereocenters. The molecule has 0 aliphatic carbocycles. The SMILES string of the molecule is CC(C)CC(O)(CO)C(C)C. The van der Waals surface area contributed by atoms with Gasteiger partial charge >= 0.3 is 0 Å². The maximum absolute atomic E-state index is 9.82. The molecule has 0 aromatic carbocycles. The van der Waals surface area contributed by atoms with Gasteiger partial charge in [0.25, 0.3) is 0 Å². The van der Waals surface area contributed by atoms with E-state index in [0.29, 0.717) is 12.3 Å². The van der Waals surface area contributed by atoms with Crippen LogP contribution in [0.25, 0.3) is 0 Å². The van der Waals surface area contributed by atoms with Gasteiger partial charge in [-0.05, 0) is 18.3 Å². The van der Waals surface area contributed by atoms with Crippen molar-refractivity contribution in [2.24, 2.45) is 11.8 Å². The normalized spacial score (nSPS) is 17.5. The molecule has 0 radical (unpaired) electrons. The lowest BCUT2D eigenvalue weighted by Crippen LogP contribution is -2.40. The monoisotopic (exact) mass is 160 g/mol. The fraction of sp³-hybridized carbons (Fsp3) is 1.00. The van der Waals surface area contributed by atoms with Gasteiger partial charge in [0.15, 0.2) is 0 Å². The number of hydrogen-bond acceptors (Lipinski definition) is 2. The minimum absolute atomic E-state index is 0.120. The molecule has 0 amide bonds. The second-order valence-corrected chi connectivity index (χ2v) is 4.01. The quantitative estimate of drug-likeness (QED) is 0.653. The minimum atomic E-state index is -0.881. The van der Waals surface area contributed by atoms with E-state index in [9.17, 15) is 5.11 Å². The Bertz CT molecular complexity index is 110. The Morgan fingerprint density at radius 3 is 1.73 bits per heavy atom. The third kappa shape index (κ3) is 3.21. The van der Waals surface area contributed by atoms with E-state index < -0.39 is 5.60 Å². The zero-order valence-electron chi connectivity index (χ0n) is 7.96. The highest BCUT2D eigenvalue weighted by Gasteiger charge is 2.30. The molecule has 68 valence electrons. The Morgan fingerprint density at radius 1 is 1.18 bits per heavy atom. The molecule has 0 bridgehead atoms. The molecule has 2 heteroatoms. The number of aliphatic hydroxyl groups is 2. The molecule has 0 aromatic rings. The van der Waals surface area contributed by atoms with Crippen molar-refractivity contribution in [3.63, 3.8) is 0 Å². The standard InChI is InChI=1S/C9H20O2/c1-7(2)5-9(11,6-10)8(3)4/h7-8,10-11H,5-6H2,1-4H3. The Kier molecular flexibility index (Phi) is 4.04. The van der Waals surface area contributed by atoms with Crippen molar-refractivity contribution in [1.82, 2.24) is 0 Å². The van der Waals surface area contributed by atoms with Crippen LogP contribution >= 0.6 is 0 Å². The van der Waals surface area contributed by atoms with Gasteiger partial charge in [-0.3, -0.25) is 0 Å². The molecule has 0 saturated heterocycles. The Balaban J connectivity index is 4.10.